The summed E-state index contributed by atoms with van der Waals surface area (Å²) in [6.45, 7) is 0. The fourth-order valence-electron chi connectivity index (χ4n) is 13.3. The highest BCUT2D eigenvalue weighted by Gasteiger charge is 2.87. The summed E-state index contributed by atoms with van der Waals surface area (Å²) in [6, 6.07) is 76.9. The normalized spacial score (nSPS) is 23.0. The van der Waals surface area contributed by atoms with Crippen molar-refractivity contribution >= 4 is 38.6 Å². The molecule has 9 aromatic carbocycles. The van der Waals surface area contributed by atoms with E-state index in [4.69, 9.17) is 0 Å². The first-order valence-corrected chi connectivity index (χ1v) is 22.0. The number of hydrogen-bond acceptors (Lipinski definition) is 1. The van der Waals surface area contributed by atoms with Gasteiger partial charge in [-0.25, -0.2) is 0 Å². The van der Waals surface area contributed by atoms with Gasteiger partial charge in [-0.1, -0.05) is 182 Å². The number of nitrogens with zero attached hydrogens (tertiary/aromatic N) is 1. The van der Waals surface area contributed by atoms with Gasteiger partial charge in [-0.3, -0.25) is 0 Å². The summed E-state index contributed by atoms with van der Waals surface area (Å²) in [5, 5.41) is 5.33. The molecule has 60 heavy (non-hydrogen) atoms. The van der Waals surface area contributed by atoms with Crippen LogP contribution in [0.25, 0.3) is 66.1 Å². The van der Waals surface area contributed by atoms with Crippen molar-refractivity contribution in [1.29, 1.82) is 0 Å². The van der Waals surface area contributed by atoms with Gasteiger partial charge in [0.25, 0.3) is 0 Å². The number of benzene rings is 9. The van der Waals surface area contributed by atoms with Crippen LogP contribution in [-0.4, -0.2) is 0 Å². The number of para-hydroxylation sites is 1. The second kappa shape index (κ2) is 12.9. The summed E-state index contributed by atoms with van der Waals surface area (Å²) in [5.74, 6) is 2.85. The molecule has 1 heteroatoms. The van der Waals surface area contributed by atoms with Crippen LogP contribution in [0.2, 0.25) is 0 Å². The lowest BCUT2D eigenvalue weighted by Gasteiger charge is -2.91. The Bertz CT molecular complexity index is 3090. The third kappa shape index (κ3) is 4.64. The van der Waals surface area contributed by atoms with E-state index in [-0.39, 0.29) is 0 Å². The van der Waals surface area contributed by atoms with Crippen molar-refractivity contribution in [1.82, 2.24) is 0 Å². The van der Waals surface area contributed by atoms with Crippen molar-refractivity contribution < 1.29 is 0 Å². The van der Waals surface area contributed by atoms with E-state index in [2.05, 4.69) is 211 Å². The molecule has 1 nitrogen and oxygen atoms in total. The van der Waals surface area contributed by atoms with E-state index in [1.165, 1.54) is 97.4 Å². The fraction of sp³-hybridized carbons (Fsp3) is 0.153. The third-order valence-corrected chi connectivity index (χ3v) is 15.7. The highest BCUT2D eigenvalue weighted by Crippen LogP contribution is 2.93. The molecule has 13 rings (SSSR count). The Hall–Kier alpha value is -6.70. The molecule has 286 valence electrons. The van der Waals surface area contributed by atoms with Crippen molar-refractivity contribution in [2.75, 3.05) is 4.90 Å². The SMILES string of the molecule is c1ccc(-c2ccc(N(c3cc(-c4cccc5ccccc45)ccc3-c3ccccc3)c3ccccc3-c3cccc4cccc(C56CC7CC8CC(C5)C876)c34)cc2)cc1. The number of anilines is 3. The zero-order valence-electron chi connectivity index (χ0n) is 33.6. The van der Waals surface area contributed by atoms with E-state index in [1.807, 2.05) is 0 Å². The van der Waals surface area contributed by atoms with Gasteiger partial charge in [0.2, 0.25) is 0 Å². The van der Waals surface area contributed by atoms with Crippen molar-refractivity contribution in [3.63, 3.8) is 0 Å². The molecule has 0 radical (unpaired) electrons. The molecule has 4 aliphatic carbocycles. The van der Waals surface area contributed by atoms with Gasteiger partial charge in [0.1, 0.15) is 0 Å². The minimum atomic E-state index is 0.342. The molecule has 4 fully saturated rings. The van der Waals surface area contributed by atoms with Crippen molar-refractivity contribution in [3.05, 3.63) is 212 Å². The summed E-state index contributed by atoms with van der Waals surface area (Å²) in [6.07, 6.45) is 5.68. The van der Waals surface area contributed by atoms with Crippen LogP contribution >= 0.6 is 0 Å². The standard InChI is InChI=1S/C59H45N/c1-3-14-39(15-4-1)40-28-31-48(32-29-40)60(56-34-44(30-33-51(56)42-16-5-2-6-17-42)50-24-11-19-41-18-7-8-22-49(41)50)55-27-10-9-23-52(55)53-25-12-20-43-21-13-26-54(57(43)53)58-37-46-35-45-36-47(38-58)59(45,46)58/h1-34,45-47H,35-38H2. The Kier molecular flexibility index (Phi) is 7.35. The fourth-order valence-corrected chi connectivity index (χ4v) is 13.3. The van der Waals surface area contributed by atoms with E-state index >= 15 is 0 Å². The first kappa shape index (κ1) is 34.2. The van der Waals surface area contributed by atoms with Gasteiger partial charge in [-0.15, -0.1) is 0 Å². The van der Waals surface area contributed by atoms with E-state index in [9.17, 15) is 0 Å². The smallest absolute Gasteiger partial charge is 0.0546 e. The van der Waals surface area contributed by atoms with Gasteiger partial charge >= 0.3 is 0 Å². The average molecular weight is 768 g/mol. The first-order valence-electron chi connectivity index (χ1n) is 22.0. The zero-order chi connectivity index (χ0) is 39.4. The second-order valence-corrected chi connectivity index (χ2v) is 18.1. The van der Waals surface area contributed by atoms with Gasteiger partial charge in [0.15, 0.2) is 0 Å². The lowest BCUT2D eigenvalue weighted by Crippen LogP contribution is -2.87. The van der Waals surface area contributed by atoms with E-state index < -0.39 is 0 Å². The lowest BCUT2D eigenvalue weighted by molar-refractivity contribution is -0.394. The Morgan fingerprint density at radius 1 is 0.383 bits per heavy atom. The topological polar surface area (TPSA) is 3.24 Å². The van der Waals surface area contributed by atoms with Crippen LogP contribution in [0.1, 0.15) is 31.2 Å². The summed E-state index contributed by atoms with van der Waals surface area (Å²) in [7, 11) is 0. The molecule has 9 aromatic rings. The molecule has 0 amide bonds. The number of rotatable bonds is 8. The highest BCUT2D eigenvalue weighted by molar-refractivity contribution is 6.05. The van der Waals surface area contributed by atoms with Crippen molar-refractivity contribution in [2.45, 2.75) is 31.1 Å². The molecule has 1 spiro atoms. The Balaban J connectivity index is 1.06. The largest absolute Gasteiger partial charge is 0.309 e. The monoisotopic (exact) mass is 767 g/mol. The van der Waals surface area contributed by atoms with E-state index in [0.717, 1.165) is 29.1 Å². The van der Waals surface area contributed by atoms with E-state index in [1.54, 1.807) is 5.56 Å². The molecule has 2 atom stereocenters. The molecule has 2 unspecified atom stereocenters. The van der Waals surface area contributed by atoms with Gasteiger partial charge in [-0.2, -0.15) is 0 Å². The van der Waals surface area contributed by atoms with Gasteiger partial charge in [0.05, 0.1) is 11.4 Å². The zero-order valence-corrected chi connectivity index (χ0v) is 33.6. The van der Waals surface area contributed by atoms with Crippen molar-refractivity contribution in [2.24, 2.45) is 23.2 Å². The Morgan fingerprint density at radius 3 is 1.72 bits per heavy atom. The number of fused-ring (bicyclic) bond motifs is 2. The van der Waals surface area contributed by atoms with Crippen LogP contribution in [0.15, 0.2) is 206 Å². The summed E-state index contributed by atoms with van der Waals surface area (Å²) in [5.41, 5.74) is 15.9. The van der Waals surface area contributed by atoms with Crippen molar-refractivity contribution in [3.8, 4) is 44.5 Å². The maximum atomic E-state index is 2.55. The summed E-state index contributed by atoms with van der Waals surface area (Å²) >= 11 is 0. The highest BCUT2D eigenvalue weighted by atomic mass is 15.1. The quantitative estimate of drug-likeness (QED) is 0.149. The molecular formula is C59H45N. The molecule has 0 bridgehead atoms. The minimum Gasteiger partial charge on any atom is -0.309 e. The summed E-state index contributed by atoms with van der Waals surface area (Å²) < 4.78 is 0. The predicted molar refractivity (Wildman–Crippen MR) is 251 cm³/mol. The molecule has 4 aliphatic rings. The molecule has 0 heterocycles. The number of hydrogen-bond donors (Lipinski definition) is 0. The Morgan fingerprint density at radius 2 is 0.967 bits per heavy atom. The van der Waals surface area contributed by atoms with E-state index in [0.29, 0.717) is 10.8 Å². The molecule has 0 aliphatic heterocycles. The summed E-state index contributed by atoms with van der Waals surface area (Å²) in [4.78, 5) is 2.55. The maximum Gasteiger partial charge on any atom is 0.0546 e. The molecule has 4 saturated carbocycles. The molecule has 0 aromatic heterocycles. The molecule has 0 saturated heterocycles. The lowest BCUT2D eigenvalue weighted by atomic mass is 9.12. The third-order valence-electron chi connectivity index (χ3n) is 15.7. The predicted octanol–water partition coefficient (Wildman–Crippen LogP) is 15.8. The maximum absolute atomic E-state index is 2.55. The van der Waals surface area contributed by atoms with Crippen LogP contribution in [0, 0.1) is 23.2 Å². The van der Waals surface area contributed by atoms with Gasteiger partial charge in [-0.05, 0) is 134 Å². The van der Waals surface area contributed by atoms with Crippen LogP contribution in [0.3, 0.4) is 0 Å². The van der Waals surface area contributed by atoms with Crippen LogP contribution in [-0.2, 0) is 5.41 Å². The van der Waals surface area contributed by atoms with Crippen LogP contribution < -0.4 is 4.90 Å². The minimum absolute atomic E-state index is 0.342. The second-order valence-electron chi connectivity index (χ2n) is 18.1. The Labute approximate surface area is 352 Å². The first-order chi connectivity index (χ1) is 29.7. The van der Waals surface area contributed by atoms with Crippen LogP contribution in [0.5, 0.6) is 0 Å². The molecular weight excluding hydrogens is 723 g/mol. The van der Waals surface area contributed by atoms with Crippen LogP contribution in [0.4, 0.5) is 17.1 Å². The molecule has 0 N–H and O–H groups in total. The average Bonchev–Trinajstić information content (AvgIpc) is 3.29. The van der Waals surface area contributed by atoms with Gasteiger partial charge < -0.3 is 4.90 Å². The van der Waals surface area contributed by atoms with Gasteiger partial charge in [0, 0.05) is 22.2 Å².